The maximum atomic E-state index is 13.6. The third-order valence-electron chi connectivity index (χ3n) is 6.37. The molecule has 31 heavy (non-hydrogen) atoms. The summed E-state index contributed by atoms with van der Waals surface area (Å²) in [4.78, 5) is 28.6. The molecule has 168 valence electrons. The highest BCUT2D eigenvalue weighted by Crippen LogP contribution is 2.47. The number of nitrogens with zero attached hydrogens (tertiary/aromatic N) is 1. The molecular weight excluding hydrogens is 394 g/mol. The van der Waals surface area contributed by atoms with Crippen LogP contribution in [0.2, 0.25) is 0 Å². The van der Waals surface area contributed by atoms with E-state index in [2.05, 4.69) is 6.92 Å². The average molecular weight is 428 g/mol. The zero-order valence-corrected chi connectivity index (χ0v) is 18.8. The van der Waals surface area contributed by atoms with E-state index < -0.39 is 6.04 Å². The van der Waals surface area contributed by atoms with Gasteiger partial charge in [-0.05, 0) is 56.7 Å². The molecule has 1 saturated carbocycles. The normalized spacial score (nSPS) is 25.3. The monoisotopic (exact) mass is 427 g/mol. The summed E-state index contributed by atoms with van der Waals surface area (Å²) in [6.45, 7) is 7.71. The van der Waals surface area contributed by atoms with Crippen molar-refractivity contribution in [3.63, 3.8) is 0 Å². The Morgan fingerprint density at radius 1 is 1.03 bits per heavy atom. The third kappa shape index (κ3) is 3.92. The molecule has 0 N–H and O–H groups in total. The van der Waals surface area contributed by atoms with Crippen molar-refractivity contribution in [1.82, 2.24) is 4.90 Å². The second-order valence-corrected chi connectivity index (χ2v) is 8.54. The van der Waals surface area contributed by atoms with E-state index >= 15 is 0 Å². The first-order valence-corrected chi connectivity index (χ1v) is 11.8. The first-order valence-electron chi connectivity index (χ1n) is 11.8. The maximum Gasteiger partial charge on any atom is 0.290 e. The molecule has 0 spiro atoms. The van der Waals surface area contributed by atoms with E-state index in [1.54, 1.807) is 4.90 Å². The molecule has 0 aromatic heterocycles. The predicted molar refractivity (Wildman–Crippen MR) is 117 cm³/mol. The standard InChI is InChI=1S/C25H33NO5/c1-4-13-26-22(16-11-12-19(30-14-5-2)20(15-16)29-6-3)21-23(27)17-9-7-8-10-18(17)31-24(21)25(26)28/h11-12,15,17-18,22H,4-10,13-14H2,1-3H3. The Hall–Kier alpha value is -2.50. The Labute approximate surface area is 184 Å². The first-order chi connectivity index (χ1) is 15.1. The number of benzene rings is 1. The molecule has 2 aliphatic heterocycles. The number of fused-ring (bicyclic) bond motifs is 1. The molecule has 4 rings (SSSR count). The quantitative estimate of drug-likeness (QED) is 0.608. The third-order valence-corrected chi connectivity index (χ3v) is 6.37. The van der Waals surface area contributed by atoms with Crippen molar-refractivity contribution in [1.29, 1.82) is 0 Å². The van der Waals surface area contributed by atoms with Crippen molar-refractivity contribution < 1.29 is 23.8 Å². The van der Waals surface area contributed by atoms with Gasteiger partial charge in [-0.3, -0.25) is 9.59 Å². The summed E-state index contributed by atoms with van der Waals surface area (Å²) in [5.74, 6) is 1.40. The van der Waals surface area contributed by atoms with Gasteiger partial charge in [0.15, 0.2) is 23.0 Å². The van der Waals surface area contributed by atoms with Crippen LogP contribution in [0.5, 0.6) is 11.5 Å². The van der Waals surface area contributed by atoms with Crippen LogP contribution in [0.3, 0.4) is 0 Å². The minimum atomic E-state index is -0.433. The molecule has 3 unspecified atom stereocenters. The summed E-state index contributed by atoms with van der Waals surface area (Å²) >= 11 is 0. The minimum absolute atomic E-state index is 0.0900. The SMILES string of the molecule is CCCOc1ccc(C2C3=C(OC4CCCCC4C3=O)C(=O)N2CCC)cc1OCC. The van der Waals surface area contributed by atoms with E-state index in [1.807, 2.05) is 32.0 Å². The summed E-state index contributed by atoms with van der Waals surface area (Å²) in [6, 6.07) is 5.33. The van der Waals surface area contributed by atoms with E-state index in [0.717, 1.165) is 44.1 Å². The van der Waals surface area contributed by atoms with Gasteiger partial charge in [0.2, 0.25) is 0 Å². The zero-order chi connectivity index (χ0) is 22.0. The van der Waals surface area contributed by atoms with Crippen molar-refractivity contribution in [3.8, 4) is 11.5 Å². The summed E-state index contributed by atoms with van der Waals surface area (Å²) in [7, 11) is 0. The van der Waals surface area contributed by atoms with Crippen LogP contribution in [-0.2, 0) is 14.3 Å². The van der Waals surface area contributed by atoms with E-state index in [1.165, 1.54) is 0 Å². The van der Waals surface area contributed by atoms with Crippen LogP contribution < -0.4 is 9.47 Å². The van der Waals surface area contributed by atoms with Gasteiger partial charge < -0.3 is 19.1 Å². The predicted octanol–water partition coefficient (Wildman–Crippen LogP) is 4.58. The zero-order valence-electron chi connectivity index (χ0n) is 18.8. The highest BCUT2D eigenvalue weighted by Gasteiger charge is 2.51. The van der Waals surface area contributed by atoms with Crippen molar-refractivity contribution in [2.75, 3.05) is 19.8 Å². The van der Waals surface area contributed by atoms with E-state index in [4.69, 9.17) is 14.2 Å². The molecule has 3 atom stereocenters. The van der Waals surface area contributed by atoms with Crippen LogP contribution in [0, 0.1) is 5.92 Å². The first kappa shape index (κ1) is 21.7. The van der Waals surface area contributed by atoms with Crippen LogP contribution in [-0.4, -0.2) is 42.5 Å². The molecule has 0 radical (unpaired) electrons. The summed E-state index contributed by atoms with van der Waals surface area (Å²) in [6.07, 6.45) is 5.31. The van der Waals surface area contributed by atoms with Crippen molar-refractivity contribution >= 4 is 11.7 Å². The molecule has 6 heteroatoms. The van der Waals surface area contributed by atoms with Crippen molar-refractivity contribution in [3.05, 3.63) is 35.1 Å². The van der Waals surface area contributed by atoms with Crippen LogP contribution >= 0.6 is 0 Å². The van der Waals surface area contributed by atoms with Crippen LogP contribution in [0.1, 0.15) is 70.9 Å². The fraction of sp³-hybridized carbons (Fsp3) is 0.600. The topological polar surface area (TPSA) is 65.1 Å². The Kier molecular flexibility index (Phi) is 6.54. The van der Waals surface area contributed by atoms with Gasteiger partial charge in [0.1, 0.15) is 6.10 Å². The molecule has 1 aromatic rings. The van der Waals surface area contributed by atoms with Crippen LogP contribution in [0.25, 0.3) is 0 Å². The fourth-order valence-electron chi connectivity index (χ4n) is 5.00. The Morgan fingerprint density at radius 3 is 2.58 bits per heavy atom. The van der Waals surface area contributed by atoms with Gasteiger partial charge in [-0.2, -0.15) is 0 Å². The van der Waals surface area contributed by atoms with Crippen molar-refractivity contribution in [2.45, 2.75) is 71.4 Å². The molecule has 1 aliphatic carbocycles. The molecule has 6 nitrogen and oxygen atoms in total. The fourth-order valence-corrected chi connectivity index (χ4v) is 5.00. The Bertz CT molecular complexity index is 877. The second kappa shape index (κ2) is 9.33. The Morgan fingerprint density at radius 2 is 1.84 bits per heavy atom. The number of carbonyl (C=O) groups excluding carboxylic acids is 2. The van der Waals surface area contributed by atoms with Gasteiger partial charge in [-0.25, -0.2) is 0 Å². The lowest BCUT2D eigenvalue weighted by Crippen LogP contribution is -2.39. The number of ketones is 1. The van der Waals surface area contributed by atoms with E-state index in [-0.39, 0.29) is 29.5 Å². The minimum Gasteiger partial charge on any atom is -0.490 e. The number of carbonyl (C=O) groups is 2. The molecule has 1 aromatic carbocycles. The van der Waals surface area contributed by atoms with Gasteiger partial charge in [0.05, 0.1) is 30.7 Å². The summed E-state index contributed by atoms with van der Waals surface area (Å²) in [5.41, 5.74) is 1.40. The molecule has 1 amide bonds. The number of hydrogen-bond acceptors (Lipinski definition) is 5. The largest absolute Gasteiger partial charge is 0.490 e. The van der Waals surface area contributed by atoms with Crippen LogP contribution in [0.4, 0.5) is 0 Å². The highest BCUT2D eigenvalue weighted by molar-refractivity contribution is 6.11. The maximum absolute atomic E-state index is 13.6. The van der Waals surface area contributed by atoms with E-state index in [0.29, 0.717) is 36.8 Å². The van der Waals surface area contributed by atoms with Gasteiger partial charge in [0, 0.05) is 6.54 Å². The number of rotatable bonds is 8. The average Bonchev–Trinajstić information content (AvgIpc) is 3.05. The van der Waals surface area contributed by atoms with Gasteiger partial charge >= 0.3 is 0 Å². The number of Topliss-reactive ketones (excluding diaryl/α,β-unsaturated/α-hetero) is 1. The van der Waals surface area contributed by atoms with Gasteiger partial charge in [-0.1, -0.05) is 26.3 Å². The van der Waals surface area contributed by atoms with Crippen molar-refractivity contribution in [2.24, 2.45) is 5.92 Å². The molecule has 3 aliphatic rings. The number of ether oxygens (including phenoxy) is 3. The Balaban J connectivity index is 1.75. The molecule has 1 fully saturated rings. The van der Waals surface area contributed by atoms with Gasteiger partial charge in [-0.15, -0.1) is 0 Å². The van der Waals surface area contributed by atoms with E-state index in [9.17, 15) is 9.59 Å². The molecule has 0 bridgehead atoms. The molecule has 2 heterocycles. The number of amides is 1. The lowest BCUT2D eigenvalue weighted by atomic mass is 9.77. The highest BCUT2D eigenvalue weighted by atomic mass is 16.5. The smallest absolute Gasteiger partial charge is 0.290 e. The second-order valence-electron chi connectivity index (χ2n) is 8.54. The number of hydrogen-bond donors (Lipinski definition) is 0. The summed E-state index contributed by atoms with van der Waals surface area (Å²) < 4.78 is 17.9. The van der Waals surface area contributed by atoms with Gasteiger partial charge in [0.25, 0.3) is 5.91 Å². The van der Waals surface area contributed by atoms with Crippen LogP contribution in [0.15, 0.2) is 29.5 Å². The lowest BCUT2D eigenvalue weighted by molar-refractivity contribution is -0.135. The lowest BCUT2D eigenvalue weighted by Gasteiger charge is -2.35. The molecular formula is C25H33NO5. The summed E-state index contributed by atoms with van der Waals surface area (Å²) in [5, 5.41) is 0. The molecule has 0 saturated heterocycles.